The molecule has 0 aromatic carbocycles. The average molecular weight is 199 g/mol. The number of aromatic nitrogens is 2. The third-order valence-corrected chi connectivity index (χ3v) is 2.16. The molecule has 0 spiro atoms. The Kier molecular flexibility index (Phi) is 3.88. The van der Waals surface area contributed by atoms with Gasteiger partial charge in [0, 0.05) is 12.6 Å². The SMILES string of the molecule is Cc1noc(=O)n1CCCC[C@@H](C)N. The monoisotopic (exact) mass is 199 g/mol. The highest BCUT2D eigenvalue weighted by atomic mass is 16.5. The van der Waals surface area contributed by atoms with Crippen molar-refractivity contribution in [3.8, 4) is 0 Å². The van der Waals surface area contributed by atoms with Crippen LogP contribution in [0.25, 0.3) is 0 Å². The second kappa shape index (κ2) is 4.95. The van der Waals surface area contributed by atoms with E-state index in [-0.39, 0.29) is 11.8 Å². The van der Waals surface area contributed by atoms with Crippen LogP contribution in [0.4, 0.5) is 0 Å². The predicted molar refractivity (Wildman–Crippen MR) is 53.0 cm³/mol. The topological polar surface area (TPSA) is 74.0 Å². The van der Waals surface area contributed by atoms with Crippen LogP contribution in [-0.4, -0.2) is 15.8 Å². The number of nitrogens with two attached hydrogens (primary N) is 1. The molecule has 0 aliphatic rings. The Morgan fingerprint density at radius 1 is 1.57 bits per heavy atom. The largest absolute Gasteiger partial charge is 0.441 e. The molecule has 0 unspecified atom stereocenters. The molecule has 0 amide bonds. The number of unbranched alkanes of at least 4 members (excludes halogenated alkanes) is 1. The maximum Gasteiger partial charge on any atom is 0.441 e. The zero-order chi connectivity index (χ0) is 10.6. The first-order valence-corrected chi connectivity index (χ1v) is 4.90. The van der Waals surface area contributed by atoms with Crippen molar-refractivity contribution in [3.63, 3.8) is 0 Å². The zero-order valence-electron chi connectivity index (χ0n) is 8.69. The molecule has 1 aromatic rings. The quantitative estimate of drug-likeness (QED) is 0.707. The van der Waals surface area contributed by atoms with Crippen LogP contribution in [0.15, 0.2) is 9.32 Å². The molecule has 0 bridgehead atoms. The Morgan fingerprint density at radius 2 is 2.29 bits per heavy atom. The Balaban J connectivity index is 2.35. The van der Waals surface area contributed by atoms with Gasteiger partial charge in [0.1, 0.15) is 0 Å². The lowest BCUT2D eigenvalue weighted by Crippen LogP contribution is -2.17. The molecular weight excluding hydrogens is 182 g/mol. The summed E-state index contributed by atoms with van der Waals surface area (Å²) in [7, 11) is 0. The second-order valence-corrected chi connectivity index (χ2v) is 3.62. The predicted octanol–water partition coefficient (Wildman–Crippen LogP) is 0.662. The lowest BCUT2D eigenvalue weighted by Gasteiger charge is -2.04. The van der Waals surface area contributed by atoms with Crippen molar-refractivity contribution >= 4 is 0 Å². The van der Waals surface area contributed by atoms with Crippen LogP contribution in [-0.2, 0) is 6.54 Å². The van der Waals surface area contributed by atoms with Crippen molar-refractivity contribution in [2.75, 3.05) is 0 Å². The number of nitrogens with zero attached hydrogens (tertiary/aromatic N) is 2. The molecule has 0 aliphatic heterocycles. The highest BCUT2D eigenvalue weighted by Crippen LogP contribution is 2.01. The van der Waals surface area contributed by atoms with Crippen molar-refractivity contribution in [2.24, 2.45) is 5.73 Å². The molecule has 1 heterocycles. The summed E-state index contributed by atoms with van der Waals surface area (Å²) < 4.78 is 6.05. The standard InChI is InChI=1S/C9H17N3O2/c1-7(10)5-3-4-6-12-8(2)11-14-9(12)13/h7H,3-6,10H2,1-2H3/t7-/m1/s1. The molecule has 5 nitrogen and oxygen atoms in total. The van der Waals surface area contributed by atoms with Crippen LogP contribution in [0, 0.1) is 6.92 Å². The van der Waals surface area contributed by atoms with Gasteiger partial charge in [-0.1, -0.05) is 11.6 Å². The van der Waals surface area contributed by atoms with Gasteiger partial charge in [-0.3, -0.25) is 9.09 Å². The fraction of sp³-hybridized carbons (Fsp3) is 0.778. The molecule has 1 rings (SSSR count). The summed E-state index contributed by atoms with van der Waals surface area (Å²) in [5, 5.41) is 3.58. The molecular formula is C9H17N3O2. The molecule has 1 aromatic heterocycles. The van der Waals surface area contributed by atoms with E-state index in [0.717, 1.165) is 19.3 Å². The molecule has 5 heteroatoms. The summed E-state index contributed by atoms with van der Waals surface area (Å²) in [6, 6.07) is 0.232. The Morgan fingerprint density at radius 3 is 2.79 bits per heavy atom. The summed E-state index contributed by atoms with van der Waals surface area (Å²) in [4.78, 5) is 11.1. The Bertz CT molecular complexity index is 327. The average Bonchev–Trinajstić information content (AvgIpc) is 2.42. The van der Waals surface area contributed by atoms with E-state index in [2.05, 4.69) is 9.68 Å². The van der Waals surface area contributed by atoms with E-state index in [1.165, 1.54) is 0 Å². The molecule has 14 heavy (non-hydrogen) atoms. The first kappa shape index (κ1) is 11.0. The van der Waals surface area contributed by atoms with E-state index in [4.69, 9.17) is 5.73 Å². The Labute approximate surface area is 82.9 Å². The number of hydrogen-bond acceptors (Lipinski definition) is 4. The van der Waals surface area contributed by atoms with Gasteiger partial charge in [0.25, 0.3) is 0 Å². The first-order chi connectivity index (χ1) is 6.61. The van der Waals surface area contributed by atoms with Crippen molar-refractivity contribution < 1.29 is 4.52 Å². The lowest BCUT2D eigenvalue weighted by molar-refractivity contribution is 0.372. The van der Waals surface area contributed by atoms with Crippen LogP contribution < -0.4 is 11.5 Å². The summed E-state index contributed by atoms with van der Waals surface area (Å²) in [5.74, 6) is 0.263. The van der Waals surface area contributed by atoms with Gasteiger partial charge < -0.3 is 5.73 Å². The molecule has 0 radical (unpaired) electrons. The van der Waals surface area contributed by atoms with E-state index < -0.39 is 0 Å². The molecule has 0 aliphatic carbocycles. The minimum atomic E-state index is -0.372. The van der Waals surface area contributed by atoms with Gasteiger partial charge in [0.05, 0.1) is 0 Å². The Hall–Kier alpha value is -1.10. The van der Waals surface area contributed by atoms with Gasteiger partial charge in [-0.05, 0) is 26.7 Å². The van der Waals surface area contributed by atoms with Gasteiger partial charge in [-0.15, -0.1) is 0 Å². The molecule has 80 valence electrons. The highest BCUT2D eigenvalue weighted by Gasteiger charge is 2.04. The van der Waals surface area contributed by atoms with Crippen molar-refractivity contribution in [1.82, 2.24) is 9.72 Å². The van der Waals surface area contributed by atoms with Crippen LogP contribution in [0.3, 0.4) is 0 Å². The van der Waals surface area contributed by atoms with Crippen molar-refractivity contribution in [3.05, 3.63) is 16.4 Å². The fourth-order valence-electron chi connectivity index (χ4n) is 1.33. The molecule has 1 atom stereocenters. The second-order valence-electron chi connectivity index (χ2n) is 3.62. The number of aryl methyl sites for hydroxylation is 1. The van der Waals surface area contributed by atoms with Crippen molar-refractivity contribution in [1.29, 1.82) is 0 Å². The van der Waals surface area contributed by atoms with Crippen LogP contribution in [0.2, 0.25) is 0 Å². The molecule has 2 N–H and O–H groups in total. The zero-order valence-corrected chi connectivity index (χ0v) is 8.69. The van der Waals surface area contributed by atoms with Crippen LogP contribution in [0.5, 0.6) is 0 Å². The number of rotatable bonds is 5. The maximum absolute atomic E-state index is 11.1. The summed E-state index contributed by atoms with van der Waals surface area (Å²) in [6.07, 6.45) is 2.94. The third kappa shape index (κ3) is 2.99. The van der Waals surface area contributed by atoms with Crippen LogP contribution in [0.1, 0.15) is 32.0 Å². The summed E-state index contributed by atoms with van der Waals surface area (Å²) in [5.41, 5.74) is 5.61. The molecule has 0 saturated heterocycles. The summed E-state index contributed by atoms with van der Waals surface area (Å²) in [6.45, 7) is 4.41. The fourth-order valence-corrected chi connectivity index (χ4v) is 1.33. The van der Waals surface area contributed by atoms with Crippen LogP contribution >= 0.6 is 0 Å². The van der Waals surface area contributed by atoms with Gasteiger partial charge in [0.15, 0.2) is 5.82 Å². The normalized spacial score (nSPS) is 13.1. The van der Waals surface area contributed by atoms with E-state index in [1.807, 2.05) is 6.92 Å². The van der Waals surface area contributed by atoms with Gasteiger partial charge in [-0.2, -0.15) is 0 Å². The van der Waals surface area contributed by atoms with Crippen molar-refractivity contribution in [2.45, 2.75) is 45.7 Å². The molecule has 0 fully saturated rings. The molecule has 0 saturated carbocycles. The van der Waals surface area contributed by atoms with E-state index in [1.54, 1.807) is 11.5 Å². The third-order valence-electron chi connectivity index (χ3n) is 2.16. The lowest BCUT2D eigenvalue weighted by atomic mass is 10.1. The first-order valence-electron chi connectivity index (χ1n) is 4.90. The maximum atomic E-state index is 11.1. The smallest absolute Gasteiger partial charge is 0.328 e. The minimum Gasteiger partial charge on any atom is -0.328 e. The number of hydrogen-bond donors (Lipinski definition) is 1. The van der Waals surface area contributed by atoms with Gasteiger partial charge in [0.2, 0.25) is 0 Å². The van der Waals surface area contributed by atoms with Gasteiger partial charge in [-0.25, -0.2) is 4.79 Å². The van der Waals surface area contributed by atoms with E-state index in [9.17, 15) is 4.79 Å². The highest BCUT2D eigenvalue weighted by molar-refractivity contribution is 4.77. The van der Waals surface area contributed by atoms with E-state index >= 15 is 0 Å². The van der Waals surface area contributed by atoms with E-state index in [0.29, 0.717) is 12.4 Å². The summed E-state index contributed by atoms with van der Waals surface area (Å²) >= 11 is 0. The minimum absolute atomic E-state index is 0.232. The van der Waals surface area contributed by atoms with Gasteiger partial charge >= 0.3 is 5.76 Å².